The highest BCUT2D eigenvalue weighted by Gasteiger charge is 2.36. The maximum atomic E-state index is 13.2. The number of hydrogen-bond acceptors (Lipinski definition) is 2. The van der Waals surface area contributed by atoms with E-state index >= 15 is 0 Å². The summed E-state index contributed by atoms with van der Waals surface area (Å²) in [6.07, 6.45) is 3.51. The van der Waals surface area contributed by atoms with Crippen molar-refractivity contribution in [2.45, 2.75) is 32.5 Å². The van der Waals surface area contributed by atoms with Crippen molar-refractivity contribution in [1.29, 1.82) is 0 Å². The second-order valence-corrected chi connectivity index (χ2v) is 4.67. The van der Waals surface area contributed by atoms with Crippen LogP contribution in [-0.2, 0) is 4.74 Å². The molecule has 0 saturated carbocycles. The summed E-state index contributed by atoms with van der Waals surface area (Å²) in [5.41, 5.74) is -0.558. The first-order valence-electron chi connectivity index (χ1n) is 4.91. The molecule has 0 unspecified atom stereocenters. The van der Waals surface area contributed by atoms with E-state index in [1.807, 2.05) is 0 Å². The van der Waals surface area contributed by atoms with Gasteiger partial charge in [-0.15, -0.1) is 6.42 Å². The Morgan fingerprint density at radius 3 is 2.53 bits per heavy atom. The Labute approximate surface area is 89.6 Å². The van der Waals surface area contributed by atoms with E-state index in [1.165, 1.54) is 4.90 Å². The second kappa shape index (κ2) is 4.09. The summed E-state index contributed by atoms with van der Waals surface area (Å²) in [7, 11) is 0. The molecule has 1 heterocycles. The summed E-state index contributed by atoms with van der Waals surface area (Å²) in [5, 5.41) is 0. The first-order chi connectivity index (χ1) is 6.83. The summed E-state index contributed by atoms with van der Waals surface area (Å²) in [4.78, 5) is 12.9. The van der Waals surface area contributed by atoms with E-state index in [9.17, 15) is 9.18 Å². The van der Waals surface area contributed by atoms with Gasteiger partial charge in [0.25, 0.3) is 0 Å². The highest BCUT2D eigenvalue weighted by atomic mass is 19.1. The van der Waals surface area contributed by atoms with Crippen molar-refractivity contribution >= 4 is 6.09 Å². The Kier molecular flexibility index (Phi) is 3.23. The van der Waals surface area contributed by atoms with Gasteiger partial charge < -0.3 is 9.64 Å². The van der Waals surface area contributed by atoms with E-state index in [1.54, 1.807) is 20.8 Å². The molecule has 1 fully saturated rings. The number of rotatable bonds is 0. The van der Waals surface area contributed by atoms with Gasteiger partial charge in [0.1, 0.15) is 11.8 Å². The predicted octanol–water partition coefficient (Wildman–Crippen LogP) is 1.82. The third kappa shape index (κ3) is 3.12. The molecule has 1 rings (SSSR count). The van der Waals surface area contributed by atoms with Crippen LogP contribution < -0.4 is 0 Å². The molecule has 0 spiro atoms. The first kappa shape index (κ1) is 11.8. The van der Waals surface area contributed by atoms with Crippen LogP contribution in [0.25, 0.3) is 0 Å². The van der Waals surface area contributed by atoms with Crippen LogP contribution in [0.4, 0.5) is 9.18 Å². The van der Waals surface area contributed by atoms with E-state index in [0.717, 1.165) is 0 Å². The van der Waals surface area contributed by atoms with Gasteiger partial charge in [-0.25, -0.2) is 9.18 Å². The minimum Gasteiger partial charge on any atom is -0.444 e. The molecule has 0 radical (unpaired) electrons. The van der Waals surface area contributed by atoms with E-state index in [4.69, 9.17) is 11.2 Å². The molecule has 0 bridgehead atoms. The largest absolute Gasteiger partial charge is 0.444 e. The zero-order valence-corrected chi connectivity index (χ0v) is 9.29. The van der Waals surface area contributed by atoms with Crippen molar-refractivity contribution in [1.82, 2.24) is 4.90 Å². The molecule has 0 aromatic rings. The molecule has 84 valence electrons. The van der Waals surface area contributed by atoms with Gasteiger partial charge in [0.15, 0.2) is 0 Å². The van der Waals surface area contributed by atoms with Crippen LogP contribution in [0.15, 0.2) is 0 Å². The smallest absolute Gasteiger partial charge is 0.410 e. The van der Waals surface area contributed by atoms with Gasteiger partial charge >= 0.3 is 6.09 Å². The molecular weight excluding hydrogens is 197 g/mol. The molecule has 1 saturated heterocycles. The lowest BCUT2D eigenvalue weighted by Crippen LogP contribution is -2.35. The number of nitrogens with zero attached hydrogens (tertiary/aromatic N) is 1. The molecule has 0 aromatic carbocycles. The maximum Gasteiger partial charge on any atom is 0.410 e. The molecule has 1 aliphatic heterocycles. The fourth-order valence-corrected chi connectivity index (χ4v) is 1.40. The van der Waals surface area contributed by atoms with Crippen molar-refractivity contribution in [3.63, 3.8) is 0 Å². The quantitative estimate of drug-likeness (QED) is 0.574. The van der Waals surface area contributed by atoms with Gasteiger partial charge in [0, 0.05) is 6.54 Å². The van der Waals surface area contributed by atoms with Crippen molar-refractivity contribution in [3.8, 4) is 12.3 Å². The van der Waals surface area contributed by atoms with Gasteiger partial charge in [-0.1, -0.05) is 5.92 Å². The molecule has 0 aromatic heterocycles. The van der Waals surface area contributed by atoms with Crippen LogP contribution in [0.1, 0.15) is 20.8 Å². The van der Waals surface area contributed by atoms with Crippen LogP contribution in [0, 0.1) is 18.3 Å². The number of halogens is 1. The van der Waals surface area contributed by atoms with Gasteiger partial charge in [-0.3, -0.25) is 0 Å². The van der Waals surface area contributed by atoms with E-state index in [0.29, 0.717) is 0 Å². The summed E-state index contributed by atoms with van der Waals surface area (Å²) in [5.74, 6) is 1.83. The predicted molar refractivity (Wildman–Crippen MR) is 55.0 cm³/mol. The maximum absolute atomic E-state index is 13.2. The normalized spacial score (nSPS) is 26.2. The number of carbonyl (C=O) groups is 1. The minimum absolute atomic E-state index is 0.0315. The molecular formula is C11H16FNO2. The van der Waals surface area contributed by atoms with E-state index in [2.05, 4.69) is 5.92 Å². The van der Waals surface area contributed by atoms with E-state index in [-0.39, 0.29) is 13.1 Å². The third-order valence-corrected chi connectivity index (χ3v) is 2.11. The number of hydrogen-bond donors (Lipinski definition) is 0. The van der Waals surface area contributed by atoms with Crippen LogP contribution in [-0.4, -0.2) is 35.9 Å². The SMILES string of the molecule is C#C[C@H]1CN(C(=O)OC(C)(C)C)C[C@H]1F. The van der Waals surface area contributed by atoms with Gasteiger partial charge in [0.2, 0.25) is 0 Å². The molecule has 2 atom stereocenters. The zero-order valence-electron chi connectivity index (χ0n) is 9.29. The summed E-state index contributed by atoms with van der Waals surface area (Å²) >= 11 is 0. The number of amides is 1. The average Bonchev–Trinajstić information content (AvgIpc) is 2.43. The third-order valence-electron chi connectivity index (χ3n) is 2.11. The van der Waals surface area contributed by atoms with Crippen molar-refractivity contribution in [3.05, 3.63) is 0 Å². The van der Waals surface area contributed by atoms with Gasteiger partial charge in [-0.2, -0.15) is 0 Å². The average molecular weight is 213 g/mol. The minimum atomic E-state index is -1.14. The zero-order chi connectivity index (χ0) is 11.6. The number of terminal acetylenes is 1. The first-order valence-corrected chi connectivity index (χ1v) is 4.91. The Morgan fingerprint density at radius 1 is 1.53 bits per heavy atom. The second-order valence-electron chi connectivity index (χ2n) is 4.67. The van der Waals surface area contributed by atoms with Crippen molar-refractivity contribution in [2.75, 3.05) is 13.1 Å². The lowest BCUT2D eigenvalue weighted by atomic mass is 10.1. The summed E-state index contributed by atoms with van der Waals surface area (Å²) in [6.45, 7) is 5.59. The van der Waals surface area contributed by atoms with Crippen LogP contribution in [0.2, 0.25) is 0 Å². The fourth-order valence-electron chi connectivity index (χ4n) is 1.40. The van der Waals surface area contributed by atoms with Crippen molar-refractivity contribution < 1.29 is 13.9 Å². The number of ether oxygens (including phenoxy) is 1. The molecule has 1 aliphatic rings. The highest BCUT2D eigenvalue weighted by molar-refractivity contribution is 5.68. The van der Waals surface area contributed by atoms with E-state index < -0.39 is 23.8 Å². The molecule has 0 aliphatic carbocycles. The highest BCUT2D eigenvalue weighted by Crippen LogP contribution is 2.21. The monoisotopic (exact) mass is 213 g/mol. The summed E-state index contributed by atoms with van der Waals surface area (Å²) < 4.78 is 18.4. The number of carbonyl (C=O) groups excluding carboxylic acids is 1. The van der Waals surface area contributed by atoms with Crippen LogP contribution >= 0.6 is 0 Å². The molecule has 15 heavy (non-hydrogen) atoms. The number of likely N-dealkylation sites (tertiary alicyclic amines) is 1. The molecule has 3 nitrogen and oxygen atoms in total. The molecule has 4 heteroatoms. The molecule has 0 N–H and O–H groups in total. The van der Waals surface area contributed by atoms with Crippen molar-refractivity contribution in [2.24, 2.45) is 5.92 Å². The van der Waals surface area contributed by atoms with Gasteiger partial charge in [-0.05, 0) is 20.8 Å². The van der Waals surface area contributed by atoms with Gasteiger partial charge in [0.05, 0.1) is 12.5 Å². The molecule has 1 amide bonds. The van der Waals surface area contributed by atoms with Crippen LogP contribution in [0.3, 0.4) is 0 Å². The lowest BCUT2D eigenvalue weighted by molar-refractivity contribution is 0.0282. The standard InChI is InChI=1S/C11H16FNO2/c1-5-8-6-13(7-9(8)12)10(14)15-11(2,3)4/h1,8-9H,6-7H2,2-4H3/t8-,9+/m0/s1. The fraction of sp³-hybridized carbons (Fsp3) is 0.727. The Balaban J connectivity index is 2.54. The summed E-state index contributed by atoms with van der Waals surface area (Å²) in [6, 6.07) is 0. The Bertz CT molecular complexity index is 290. The van der Waals surface area contributed by atoms with Crippen LogP contribution in [0.5, 0.6) is 0 Å². The Hall–Kier alpha value is -1.24. The topological polar surface area (TPSA) is 29.5 Å². The number of alkyl halides is 1. The Morgan fingerprint density at radius 2 is 2.13 bits per heavy atom. The lowest BCUT2D eigenvalue weighted by Gasteiger charge is -2.24.